The van der Waals surface area contributed by atoms with Gasteiger partial charge in [-0.3, -0.25) is 13.9 Å². The number of hydrogen-bond acceptors (Lipinski definition) is 5. The molecule has 41 heavy (non-hydrogen) atoms. The number of carbonyl (C=O) groups excluding carboxylic acids is 2. The minimum atomic E-state index is -4.29. The van der Waals surface area contributed by atoms with Gasteiger partial charge in [0.15, 0.2) is 0 Å². The van der Waals surface area contributed by atoms with Crippen LogP contribution >= 0.6 is 0 Å². The molecule has 0 saturated carbocycles. The molecule has 220 valence electrons. The number of rotatable bonds is 13. The van der Waals surface area contributed by atoms with Crippen molar-refractivity contribution in [1.82, 2.24) is 10.2 Å². The fourth-order valence-corrected chi connectivity index (χ4v) is 5.48. The van der Waals surface area contributed by atoms with Gasteiger partial charge in [0.05, 0.1) is 17.2 Å². The Morgan fingerprint density at radius 3 is 2.10 bits per heavy atom. The number of carbonyl (C=O) groups is 2. The van der Waals surface area contributed by atoms with E-state index in [2.05, 4.69) is 5.32 Å². The van der Waals surface area contributed by atoms with Gasteiger partial charge in [0.2, 0.25) is 11.8 Å². The van der Waals surface area contributed by atoms with E-state index in [1.165, 1.54) is 4.90 Å². The lowest BCUT2D eigenvalue weighted by atomic mass is 10.1. The number of benzene rings is 3. The van der Waals surface area contributed by atoms with Gasteiger partial charge in [-0.05, 0) is 80.8 Å². The van der Waals surface area contributed by atoms with Gasteiger partial charge >= 0.3 is 0 Å². The van der Waals surface area contributed by atoms with Crippen molar-refractivity contribution in [2.45, 2.75) is 52.1 Å². The summed E-state index contributed by atoms with van der Waals surface area (Å²) in [6.07, 6.45) is 0. The molecule has 0 radical (unpaired) electrons. The van der Waals surface area contributed by atoms with Crippen LogP contribution in [0, 0.1) is 18.7 Å². The van der Waals surface area contributed by atoms with Crippen LogP contribution in [0.15, 0.2) is 77.7 Å². The van der Waals surface area contributed by atoms with Gasteiger partial charge in [0.25, 0.3) is 10.0 Å². The standard InChI is InChI=1S/C31H38FN3O5S/c1-6-40-28-15-13-27(14-16-28)35(41(38,39)29-17-11-26(32)12-18-29)21-30(36)34(20-25-9-7-23(4)8-10-25)24(5)31(37)33-19-22(2)3/h7-18,22,24H,6,19-21H2,1-5H3,(H,33,37). The first-order valence-corrected chi connectivity index (χ1v) is 15.0. The molecule has 3 rings (SSSR count). The Bertz CT molecular complexity index is 1410. The Labute approximate surface area is 242 Å². The smallest absolute Gasteiger partial charge is 0.264 e. The van der Waals surface area contributed by atoms with Crippen LogP contribution in [0.1, 0.15) is 38.8 Å². The summed E-state index contributed by atoms with van der Waals surface area (Å²) in [5.74, 6) is -0.745. The van der Waals surface area contributed by atoms with Crippen molar-refractivity contribution < 1.29 is 27.1 Å². The zero-order valence-electron chi connectivity index (χ0n) is 24.1. The Balaban J connectivity index is 2.01. The molecule has 0 fully saturated rings. The number of amides is 2. The Kier molecular flexibility index (Phi) is 10.9. The molecule has 0 aromatic heterocycles. The molecule has 0 aliphatic heterocycles. The van der Waals surface area contributed by atoms with Crippen molar-refractivity contribution in [2.24, 2.45) is 5.92 Å². The summed E-state index contributed by atoms with van der Waals surface area (Å²) in [6.45, 7) is 9.72. The van der Waals surface area contributed by atoms with Gasteiger partial charge < -0.3 is 15.0 Å². The molecule has 2 amide bonds. The summed E-state index contributed by atoms with van der Waals surface area (Å²) >= 11 is 0. The highest BCUT2D eigenvalue weighted by Gasteiger charge is 2.32. The van der Waals surface area contributed by atoms with E-state index in [0.717, 1.165) is 39.7 Å². The third kappa shape index (κ3) is 8.53. The predicted molar refractivity (Wildman–Crippen MR) is 158 cm³/mol. The number of anilines is 1. The Morgan fingerprint density at radius 2 is 1.54 bits per heavy atom. The lowest BCUT2D eigenvalue weighted by Gasteiger charge is -2.32. The summed E-state index contributed by atoms with van der Waals surface area (Å²) in [5, 5.41) is 2.86. The lowest BCUT2D eigenvalue weighted by molar-refractivity contribution is -0.139. The molecule has 0 saturated heterocycles. The van der Waals surface area contributed by atoms with Crippen molar-refractivity contribution in [3.8, 4) is 5.75 Å². The zero-order chi connectivity index (χ0) is 30.2. The van der Waals surface area contributed by atoms with E-state index in [4.69, 9.17) is 4.74 Å². The summed E-state index contributed by atoms with van der Waals surface area (Å²) in [7, 11) is -4.29. The molecule has 8 nitrogen and oxygen atoms in total. The summed E-state index contributed by atoms with van der Waals surface area (Å²) in [5.41, 5.74) is 2.06. The predicted octanol–water partition coefficient (Wildman–Crippen LogP) is 4.92. The molecular formula is C31H38FN3O5S. The van der Waals surface area contributed by atoms with Crippen molar-refractivity contribution in [2.75, 3.05) is 24.0 Å². The van der Waals surface area contributed by atoms with Gasteiger partial charge in [-0.1, -0.05) is 43.7 Å². The van der Waals surface area contributed by atoms with Crippen LogP contribution < -0.4 is 14.4 Å². The number of nitrogens with one attached hydrogen (secondary N) is 1. The number of nitrogens with zero attached hydrogens (tertiary/aromatic N) is 2. The highest BCUT2D eigenvalue weighted by atomic mass is 32.2. The van der Waals surface area contributed by atoms with Crippen LogP contribution in [0.3, 0.4) is 0 Å². The topological polar surface area (TPSA) is 96.0 Å². The molecule has 1 unspecified atom stereocenters. The molecule has 3 aromatic carbocycles. The van der Waals surface area contributed by atoms with Crippen LogP contribution in [0.25, 0.3) is 0 Å². The van der Waals surface area contributed by atoms with Gasteiger partial charge in [0, 0.05) is 13.1 Å². The second-order valence-corrected chi connectivity index (χ2v) is 12.1. The van der Waals surface area contributed by atoms with E-state index in [0.29, 0.717) is 18.9 Å². The zero-order valence-corrected chi connectivity index (χ0v) is 24.9. The van der Waals surface area contributed by atoms with Gasteiger partial charge in [-0.25, -0.2) is 12.8 Å². The van der Waals surface area contributed by atoms with Gasteiger partial charge in [0.1, 0.15) is 24.2 Å². The molecule has 0 heterocycles. The number of halogens is 1. The molecule has 10 heteroatoms. The normalized spacial score (nSPS) is 12.1. The van der Waals surface area contributed by atoms with Crippen molar-refractivity contribution in [1.29, 1.82) is 0 Å². The average molecular weight is 584 g/mol. The van der Waals surface area contributed by atoms with Crippen LogP contribution in [-0.2, 0) is 26.2 Å². The van der Waals surface area contributed by atoms with E-state index in [1.54, 1.807) is 31.2 Å². The SMILES string of the molecule is CCOc1ccc(N(CC(=O)N(Cc2ccc(C)cc2)C(C)C(=O)NCC(C)C)S(=O)(=O)c2ccc(F)cc2)cc1. The third-order valence-electron chi connectivity index (χ3n) is 6.44. The average Bonchev–Trinajstić information content (AvgIpc) is 2.94. The molecule has 3 aromatic rings. The molecule has 0 aliphatic rings. The number of hydrogen-bond donors (Lipinski definition) is 1. The first kappa shape index (κ1) is 31.6. The highest BCUT2D eigenvalue weighted by Crippen LogP contribution is 2.27. The second kappa shape index (κ2) is 14.1. The van der Waals surface area contributed by atoms with E-state index in [-0.39, 0.29) is 29.0 Å². The van der Waals surface area contributed by atoms with E-state index < -0.39 is 34.3 Å². The third-order valence-corrected chi connectivity index (χ3v) is 8.23. The summed E-state index contributed by atoms with van der Waals surface area (Å²) in [6, 6.07) is 17.4. The van der Waals surface area contributed by atoms with Gasteiger partial charge in [-0.15, -0.1) is 0 Å². The maximum absolute atomic E-state index is 13.9. The van der Waals surface area contributed by atoms with E-state index in [1.807, 2.05) is 52.0 Å². The molecule has 0 spiro atoms. The van der Waals surface area contributed by atoms with Crippen molar-refractivity contribution in [3.63, 3.8) is 0 Å². The van der Waals surface area contributed by atoms with E-state index >= 15 is 0 Å². The molecule has 1 N–H and O–H groups in total. The fourth-order valence-electron chi connectivity index (χ4n) is 4.06. The molecule has 0 bridgehead atoms. The first-order chi connectivity index (χ1) is 19.4. The van der Waals surface area contributed by atoms with Crippen LogP contribution in [-0.4, -0.2) is 50.9 Å². The summed E-state index contributed by atoms with van der Waals surface area (Å²) in [4.78, 5) is 28.2. The first-order valence-electron chi connectivity index (χ1n) is 13.6. The lowest BCUT2D eigenvalue weighted by Crippen LogP contribution is -2.51. The maximum atomic E-state index is 13.9. The van der Waals surface area contributed by atoms with Crippen molar-refractivity contribution in [3.05, 3.63) is 89.7 Å². The Hall–Kier alpha value is -3.92. The Morgan fingerprint density at radius 1 is 0.927 bits per heavy atom. The van der Waals surface area contributed by atoms with Crippen LogP contribution in [0.5, 0.6) is 5.75 Å². The monoisotopic (exact) mass is 583 g/mol. The second-order valence-electron chi connectivity index (χ2n) is 10.2. The molecule has 1 atom stereocenters. The minimum Gasteiger partial charge on any atom is -0.494 e. The number of aryl methyl sites for hydroxylation is 1. The largest absolute Gasteiger partial charge is 0.494 e. The molecule has 0 aliphatic carbocycles. The summed E-state index contributed by atoms with van der Waals surface area (Å²) < 4.78 is 47.7. The van der Waals surface area contributed by atoms with Crippen LogP contribution in [0.4, 0.5) is 10.1 Å². The highest BCUT2D eigenvalue weighted by molar-refractivity contribution is 7.92. The van der Waals surface area contributed by atoms with Gasteiger partial charge in [-0.2, -0.15) is 0 Å². The minimum absolute atomic E-state index is 0.100. The molecular weight excluding hydrogens is 545 g/mol. The quantitative estimate of drug-likeness (QED) is 0.308. The van der Waals surface area contributed by atoms with E-state index in [9.17, 15) is 22.4 Å². The number of sulfonamides is 1. The van der Waals surface area contributed by atoms with Crippen LogP contribution in [0.2, 0.25) is 0 Å². The maximum Gasteiger partial charge on any atom is 0.264 e. The fraction of sp³-hybridized carbons (Fsp3) is 0.355. The van der Waals surface area contributed by atoms with Crippen molar-refractivity contribution >= 4 is 27.5 Å². The number of ether oxygens (including phenoxy) is 1.